The van der Waals surface area contributed by atoms with Gasteiger partial charge in [-0.1, -0.05) is 19.3 Å². The van der Waals surface area contributed by atoms with Crippen molar-refractivity contribution in [3.63, 3.8) is 0 Å². The topological polar surface area (TPSA) is 69.6 Å². The number of nitrogens with one attached hydrogen (secondary N) is 1. The highest BCUT2D eigenvalue weighted by molar-refractivity contribution is 5.88. The number of urea groups is 1. The minimum absolute atomic E-state index is 0.00169. The van der Waals surface area contributed by atoms with Gasteiger partial charge in [0.2, 0.25) is 0 Å². The smallest absolute Gasteiger partial charge is 0.318 e. The van der Waals surface area contributed by atoms with Crippen LogP contribution in [0.3, 0.4) is 0 Å². The molecular formula is C15H24N2O3. The van der Waals surface area contributed by atoms with Crippen molar-refractivity contribution in [2.24, 2.45) is 5.92 Å². The maximum absolute atomic E-state index is 11.9. The Hall–Kier alpha value is -1.10. The van der Waals surface area contributed by atoms with Gasteiger partial charge in [-0.15, -0.1) is 0 Å². The van der Waals surface area contributed by atoms with E-state index < -0.39 is 0 Å². The fraction of sp³-hybridized carbons (Fsp3) is 0.867. The van der Waals surface area contributed by atoms with Crippen LogP contribution in [-0.2, 0) is 4.79 Å². The summed E-state index contributed by atoms with van der Waals surface area (Å²) in [5.74, 6) is 0.633. The third-order valence-corrected chi connectivity index (χ3v) is 5.18. The molecule has 1 aliphatic heterocycles. The highest BCUT2D eigenvalue weighted by Crippen LogP contribution is 2.30. The molecule has 2 saturated carbocycles. The summed E-state index contributed by atoms with van der Waals surface area (Å²) in [5.41, 5.74) is 0. The second-order valence-electron chi connectivity index (χ2n) is 6.52. The van der Waals surface area contributed by atoms with Crippen LogP contribution < -0.4 is 5.32 Å². The van der Waals surface area contributed by atoms with Crippen LogP contribution in [0.2, 0.25) is 0 Å². The Morgan fingerprint density at radius 2 is 1.95 bits per heavy atom. The van der Waals surface area contributed by atoms with Crippen LogP contribution in [0.25, 0.3) is 0 Å². The number of hydrogen-bond acceptors (Lipinski definition) is 3. The molecule has 2 aliphatic carbocycles. The van der Waals surface area contributed by atoms with Crippen LogP contribution in [0.1, 0.15) is 51.4 Å². The molecule has 3 aliphatic rings. The summed E-state index contributed by atoms with van der Waals surface area (Å²) in [5, 5.41) is 13.2. The number of fused-ring (bicyclic) bond motifs is 1. The van der Waals surface area contributed by atoms with Gasteiger partial charge in [0, 0.05) is 19.4 Å². The first kappa shape index (κ1) is 13.9. The van der Waals surface area contributed by atoms with Gasteiger partial charge in [-0.25, -0.2) is 4.79 Å². The summed E-state index contributed by atoms with van der Waals surface area (Å²) < 4.78 is 0. The number of Topliss-reactive ketones (excluding diaryl/α,β-unsaturated/α-hetero) is 1. The summed E-state index contributed by atoms with van der Waals surface area (Å²) >= 11 is 0. The summed E-state index contributed by atoms with van der Waals surface area (Å²) in [4.78, 5) is 25.1. The molecule has 0 radical (unpaired) electrons. The van der Waals surface area contributed by atoms with Crippen LogP contribution in [0.5, 0.6) is 0 Å². The number of aliphatic hydroxyl groups excluding tert-OH is 1. The van der Waals surface area contributed by atoms with Gasteiger partial charge in [0.15, 0.2) is 0 Å². The highest BCUT2D eigenvalue weighted by Gasteiger charge is 2.45. The van der Waals surface area contributed by atoms with E-state index in [1.807, 2.05) is 0 Å². The van der Waals surface area contributed by atoms with Crippen molar-refractivity contribution in [2.45, 2.75) is 69.6 Å². The van der Waals surface area contributed by atoms with Crippen molar-refractivity contribution >= 4 is 11.8 Å². The molecule has 2 N–H and O–H groups in total. The molecule has 0 spiro atoms. The number of rotatable bonds is 4. The average Bonchev–Trinajstić information content (AvgIpc) is 2.92. The summed E-state index contributed by atoms with van der Waals surface area (Å²) in [6.07, 6.45) is 7.20. The highest BCUT2D eigenvalue weighted by atomic mass is 16.3. The van der Waals surface area contributed by atoms with Crippen LogP contribution >= 0.6 is 0 Å². The number of hydrogen-bond donors (Lipinski definition) is 2. The molecule has 0 bridgehead atoms. The van der Waals surface area contributed by atoms with Gasteiger partial charge in [0.25, 0.3) is 0 Å². The lowest BCUT2D eigenvalue weighted by Gasteiger charge is -2.29. The monoisotopic (exact) mass is 280 g/mol. The lowest BCUT2D eigenvalue weighted by atomic mass is 9.84. The quantitative estimate of drug-likeness (QED) is 0.818. The average molecular weight is 280 g/mol. The fourth-order valence-electron chi connectivity index (χ4n) is 4.00. The minimum Gasteiger partial charge on any atom is -0.393 e. The van der Waals surface area contributed by atoms with E-state index in [0.29, 0.717) is 31.7 Å². The minimum atomic E-state index is -0.306. The second kappa shape index (κ2) is 5.72. The first-order valence-electron chi connectivity index (χ1n) is 7.92. The zero-order chi connectivity index (χ0) is 14.1. The zero-order valence-corrected chi connectivity index (χ0v) is 11.9. The third kappa shape index (κ3) is 2.68. The summed E-state index contributed by atoms with van der Waals surface area (Å²) in [6.45, 7) is 0.567. The van der Waals surface area contributed by atoms with Crippen LogP contribution in [0.15, 0.2) is 0 Å². The van der Waals surface area contributed by atoms with E-state index in [1.54, 1.807) is 4.90 Å². The lowest BCUT2D eigenvalue weighted by Crippen LogP contribution is -2.37. The number of amides is 2. The molecule has 1 saturated heterocycles. The van der Waals surface area contributed by atoms with E-state index in [-0.39, 0.29) is 30.0 Å². The molecule has 1 heterocycles. The van der Waals surface area contributed by atoms with Gasteiger partial charge in [-0.3, -0.25) is 4.79 Å². The number of aliphatic hydroxyl groups is 1. The number of carbonyl (C=O) groups excluding carboxylic acids is 2. The Bertz CT molecular complexity index is 393. The lowest BCUT2D eigenvalue weighted by molar-refractivity contribution is -0.117. The van der Waals surface area contributed by atoms with Crippen molar-refractivity contribution in [2.75, 3.05) is 6.54 Å². The van der Waals surface area contributed by atoms with E-state index in [9.17, 15) is 14.7 Å². The molecule has 112 valence electrons. The van der Waals surface area contributed by atoms with Gasteiger partial charge < -0.3 is 15.3 Å². The van der Waals surface area contributed by atoms with Gasteiger partial charge in [-0.05, 0) is 25.2 Å². The first-order chi connectivity index (χ1) is 9.65. The maximum atomic E-state index is 11.9. The standard InChI is InChI=1S/C15H24N2O3/c18-11-8-12-13(9-11)17(15(20)16-12)7-6-14(19)10-4-2-1-3-5-10/h10,12-14,19H,1-9H2,(H,16,20). The third-order valence-electron chi connectivity index (χ3n) is 5.18. The van der Waals surface area contributed by atoms with Crippen LogP contribution in [-0.4, -0.2) is 46.6 Å². The van der Waals surface area contributed by atoms with Gasteiger partial charge in [-0.2, -0.15) is 0 Å². The SMILES string of the molecule is O=C1CC2NC(=O)N(CCC(O)C3CCCCC3)C2C1. The van der Waals surface area contributed by atoms with E-state index in [0.717, 1.165) is 12.8 Å². The Morgan fingerprint density at radius 3 is 2.70 bits per heavy atom. The van der Waals surface area contributed by atoms with E-state index in [2.05, 4.69) is 5.32 Å². The molecule has 3 atom stereocenters. The van der Waals surface area contributed by atoms with Crippen molar-refractivity contribution in [3.8, 4) is 0 Å². The van der Waals surface area contributed by atoms with Crippen molar-refractivity contribution < 1.29 is 14.7 Å². The Balaban J connectivity index is 1.52. The van der Waals surface area contributed by atoms with E-state index in [1.165, 1.54) is 19.3 Å². The molecule has 0 aromatic rings. The molecule has 0 aromatic carbocycles. The molecular weight excluding hydrogens is 256 g/mol. The van der Waals surface area contributed by atoms with Gasteiger partial charge in [0.05, 0.1) is 18.2 Å². The number of nitrogens with zero attached hydrogens (tertiary/aromatic N) is 1. The predicted molar refractivity (Wildman–Crippen MR) is 74.3 cm³/mol. The van der Waals surface area contributed by atoms with Crippen LogP contribution in [0.4, 0.5) is 4.79 Å². The van der Waals surface area contributed by atoms with Gasteiger partial charge in [0.1, 0.15) is 5.78 Å². The molecule has 0 aromatic heterocycles. The van der Waals surface area contributed by atoms with Crippen molar-refractivity contribution in [1.29, 1.82) is 0 Å². The van der Waals surface area contributed by atoms with Crippen LogP contribution in [0, 0.1) is 5.92 Å². The fourth-order valence-corrected chi connectivity index (χ4v) is 4.00. The molecule has 3 fully saturated rings. The molecule has 5 nitrogen and oxygen atoms in total. The predicted octanol–water partition coefficient (Wildman–Crippen LogP) is 1.44. The van der Waals surface area contributed by atoms with Crippen molar-refractivity contribution in [1.82, 2.24) is 10.2 Å². The second-order valence-corrected chi connectivity index (χ2v) is 6.52. The van der Waals surface area contributed by atoms with Crippen molar-refractivity contribution in [3.05, 3.63) is 0 Å². The summed E-state index contributed by atoms with van der Waals surface area (Å²) in [7, 11) is 0. The van der Waals surface area contributed by atoms with E-state index in [4.69, 9.17) is 0 Å². The Morgan fingerprint density at radius 1 is 1.20 bits per heavy atom. The number of ketones is 1. The molecule has 3 rings (SSSR count). The molecule has 20 heavy (non-hydrogen) atoms. The number of carbonyl (C=O) groups is 2. The Kier molecular flexibility index (Phi) is 3.96. The van der Waals surface area contributed by atoms with E-state index >= 15 is 0 Å². The zero-order valence-electron chi connectivity index (χ0n) is 11.9. The molecule has 5 heteroatoms. The molecule has 3 unspecified atom stereocenters. The largest absolute Gasteiger partial charge is 0.393 e. The maximum Gasteiger partial charge on any atom is 0.318 e. The first-order valence-corrected chi connectivity index (χ1v) is 7.92. The summed E-state index contributed by atoms with van der Waals surface area (Å²) in [6, 6.07) is -0.0428. The Labute approximate surface area is 119 Å². The normalized spacial score (nSPS) is 32.4. The van der Waals surface area contributed by atoms with Gasteiger partial charge >= 0.3 is 6.03 Å². The molecule has 2 amide bonds.